The summed E-state index contributed by atoms with van der Waals surface area (Å²) in [6.07, 6.45) is 3.11. The summed E-state index contributed by atoms with van der Waals surface area (Å²) in [7, 11) is 0. The summed E-state index contributed by atoms with van der Waals surface area (Å²) in [5, 5.41) is 5.73. The predicted molar refractivity (Wildman–Crippen MR) is 84.9 cm³/mol. The van der Waals surface area contributed by atoms with Gasteiger partial charge in [0, 0.05) is 10.9 Å². The Morgan fingerprint density at radius 2 is 2.10 bits per heavy atom. The van der Waals surface area contributed by atoms with Crippen molar-refractivity contribution < 1.29 is 4.39 Å². The number of aryl methyl sites for hydroxylation is 1. The molecule has 0 saturated heterocycles. The second-order valence-corrected chi connectivity index (χ2v) is 6.24. The van der Waals surface area contributed by atoms with E-state index in [0.29, 0.717) is 6.04 Å². The van der Waals surface area contributed by atoms with Gasteiger partial charge >= 0.3 is 0 Å². The minimum atomic E-state index is -0.150. The molecule has 1 unspecified atom stereocenters. The Morgan fingerprint density at radius 3 is 2.75 bits per heavy atom. The molecule has 0 bridgehead atoms. The molecule has 1 nitrogen and oxygen atoms in total. The highest BCUT2D eigenvalue weighted by Crippen LogP contribution is 2.17. The van der Waals surface area contributed by atoms with Gasteiger partial charge in [0.25, 0.3) is 0 Å². The number of rotatable bonds is 7. The summed E-state index contributed by atoms with van der Waals surface area (Å²) >= 11 is 1.80. The van der Waals surface area contributed by atoms with Gasteiger partial charge in [-0.3, -0.25) is 0 Å². The number of nitrogens with one attached hydrogen (secondary N) is 1. The van der Waals surface area contributed by atoms with Gasteiger partial charge in [0.2, 0.25) is 0 Å². The van der Waals surface area contributed by atoms with Crippen LogP contribution in [-0.4, -0.2) is 12.6 Å². The molecule has 0 spiro atoms. The molecule has 0 aliphatic heterocycles. The Bertz CT molecular complexity index is 522. The molecule has 1 heterocycles. The Kier molecular flexibility index (Phi) is 5.74. The molecule has 2 rings (SSSR count). The van der Waals surface area contributed by atoms with Crippen LogP contribution >= 0.6 is 11.3 Å². The zero-order valence-electron chi connectivity index (χ0n) is 12.2. The lowest BCUT2D eigenvalue weighted by atomic mass is 9.98. The first-order valence-electron chi connectivity index (χ1n) is 7.20. The molecule has 0 radical (unpaired) electrons. The van der Waals surface area contributed by atoms with Gasteiger partial charge in [0.15, 0.2) is 0 Å². The van der Waals surface area contributed by atoms with Gasteiger partial charge in [-0.1, -0.05) is 19.1 Å². The molecular formula is C17H22FNS. The maximum absolute atomic E-state index is 13.2. The van der Waals surface area contributed by atoms with E-state index in [-0.39, 0.29) is 5.82 Å². The fourth-order valence-electron chi connectivity index (χ4n) is 2.39. The van der Waals surface area contributed by atoms with Crippen LogP contribution in [0.4, 0.5) is 4.39 Å². The highest BCUT2D eigenvalue weighted by Gasteiger charge is 2.12. The van der Waals surface area contributed by atoms with Crippen LogP contribution in [0.2, 0.25) is 0 Å². The van der Waals surface area contributed by atoms with Crippen LogP contribution in [-0.2, 0) is 12.8 Å². The van der Waals surface area contributed by atoms with Crippen molar-refractivity contribution in [1.82, 2.24) is 5.32 Å². The van der Waals surface area contributed by atoms with E-state index < -0.39 is 0 Å². The number of hydrogen-bond donors (Lipinski definition) is 1. The van der Waals surface area contributed by atoms with Gasteiger partial charge in [-0.2, -0.15) is 0 Å². The largest absolute Gasteiger partial charge is 0.313 e. The van der Waals surface area contributed by atoms with E-state index in [4.69, 9.17) is 0 Å². The Morgan fingerprint density at radius 1 is 1.25 bits per heavy atom. The molecule has 0 amide bonds. The van der Waals surface area contributed by atoms with E-state index in [1.807, 2.05) is 13.0 Å². The van der Waals surface area contributed by atoms with E-state index in [0.717, 1.165) is 31.4 Å². The van der Waals surface area contributed by atoms with Crippen molar-refractivity contribution >= 4 is 11.3 Å². The van der Waals surface area contributed by atoms with Crippen molar-refractivity contribution in [2.45, 2.75) is 39.2 Å². The third kappa shape index (κ3) is 4.43. The Balaban J connectivity index is 2.06. The van der Waals surface area contributed by atoms with Gasteiger partial charge < -0.3 is 5.32 Å². The van der Waals surface area contributed by atoms with E-state index in [2.05, 4.69) is 29.8 Å². The van der Waals surface area contributed by atoms with Gasteiger partial charge in [-0.25, -0.2) is 4.39 Å². The van der Waals surface area contributed by atoms with Crippen LogP contribution in [0.15, 0.2) is 35.7 Å². The fraction of sp³-hybridized carbons (Fsp3) is 0.412. The zero-order valence-corrected chi connectivity index (χ0v) is 13.0. The average Bonchev–Trinajstić information content (AvgIpc) is 2.92. The smallest absolute Gasteiger partial charge is 0.123 e. The average molecular weight is 291 g/mol. The minimum Gasteiger partial charge on any atom is -0.313 e. The summed E-state index contributed by atoms with van der Waals surface area (Å²) in [5.41, 5.74) is 2.27. The minimum absolute atomic E-state index is 0.150. The van der Waals surface area contributed by atoms with E-state index in [1.165, 1.54) is 10.4 Å². The molecule has 1 aromatic heterocycles. The predicted octanol–water partition coefficient (Wildman–Crippen LogP) is 4.35. The third-order valence-electron chi connectivity index (χ3n) is 3.48. The highest BCUT2D eigenvalue weighted by atomic mass is 32.1. The molecule has 0 saturated carbocycles. The summed E-state index contributed by atoms with van der Waals surface area (Å²) in [6.45, 7) is 5.19. The molecule has 1 atom stereocenters. The van der Waals surface area contributed by atoms with Crippen LogP contribution in [0.1, 0.15) is 29.3 Å². The molecule has 1 aromatic carbocycles. The molecule has 0 aliphatic rings. The lowest BCUT2D eigenvalue weighted by Gasteiger charge is -2.19. The van der Waals surface area contributed by atoms with Crippen molar-refractivity contribution in [1.29, 1.82) is 0 Å². The Hall–Kier alpha value is -1.19. The first-order chi connectivity index (χ1) is 9.69. The van der Waals surface area contributed by atoms with Crippen molar-refractivity contribution in [3.63, 3.8) is 0 Å². The maximum Gasteiger partial charge on any atom is 0.123 e. The summed E-state index contributed by atoms with van der Waals surface area (Å²) in [5.74, 6) is -0.150. The lowest BCUT2D eigenvalue weighted by molar-refractivity contribution is 0.506. The first-order valence-corrected chi connectivity index (χ1v) is 8.07. The van der Waals surface area contributed by atoms with E-state index in [1.54, 1.807) is 23.5 Å². The second kappa shape index (κ2) is 7.55. The van der Waals surface area contributed by atoms with Gasteiger partial charge in [0.05, 0.1) is 0 Å². The zero-order chi connectivity index (χ0) is 14.4. The first kappa shape index (κ1) is 15.2. The molecule has 108 valence electrons. The third-order valence-corrected chi connectivity index (χ3v) is 4.38. The quantitative estimate of drug-likeness (QED) is 0.799. The molecule has 0 aliphatic carbocycles. The second-order valence-electron chi connectivity index (χ2n) is 5.21. The van der Waals surface area contributed by atoms with Crippen molar-refractivity contribution in [2.75, 3.05) is 6.54 Å². The van der Waals surface area contributed by atoms with Crippen LogP contribution in [0.3, 0.4) is 0 Å². The number of thiophene rings is 1. The van der Waals surface area contributed by atoms with Gasteiger partial charge in [-0.05, 0) is 67.4 Å². The summed E-state index contributed by atoms with van der Waals surface area (Å²) < 4.78 is 13.2. The molecule has 2 aromatic rings. The monoisotopic (exact) mass is 291 g/mol. The standard InChI is InChI=1S/C17H22FNS/c1-3-8-19-16(12-17-5-4-9-20-17)11-14-6-7-15(18)10-13(14)2/h4-7,9-10,16,19H,3,8,11-12H2,1-2H3. The topological polar surface area (TPSA) is 12.0 Å². The van der Waals surface area contributed by atoms with Crippen molar-refractivity contribution in [3.8, 4) is 0 Å². The molecular weight excluding hydrogens is 269 g/mol. The summed E-state index contributed by atoms with van der Waals surface area (Å²) in [6, 6.07) is 9.79. The van der Waals surface area contributed by atoms with E-state index in [9.17, 15) is 4.39 Å². The van der Waals surface area contributed by atoms with Gasteiger partial charge in [-0.15, -0.1) is 11.3 Å². The van der Waals surface area contributed by atoms with Crippen molar-refractivity contribution in [3.05, 3.63) is 57.5 Å². The van der Waals surface area contributed by atoms with Crippen LogP contribution in [0.5, 0.6) is 0 Å². The molecule has 3 heteroatoms. The number of benzene rings is 1. The van der Waals surface area contributed by atoms with Gasteiger partial charge in [0.1, 0.15) is 5.82 Å². The van der Waals surface area contributed by atoms with Crippen LogP contribution < -0.4 is 5.32 Å². The number of halogens is 1. The summed E-state index contributed by atoms with van der Waals surface area (Å²) in [4.78, 5) is 1.40. The van der Waals surface area contributed by atoms with E-state index >= 15 is 0 Å². The van der Waals surface area contributed by atoms with Crippen LogP contribution in [0.25, 0.3) is 0 Å². The molecule has 0 fully saturated rings. The van der Waals surface area contributed by atoms with Crippen molar-refractivity contribution in [2.24, 2.45) is 0 Å². The normalized spacial score (nSPS) is 12.6. The fourth-order valence-corrected chi connectivity index (χ4v) is 3.18. The maximum atomic E-state index is 13.2. The van der Waals surface area contributed by atoms with Crippen LogP contribution in [0, 0.1) is 12.7 Å². The SMILES string of the molecule is CCCNC(Cc1cccs1)Cc1ccc(F)cc1C. The highest BCUT2D eigenvalue weighted by molar-refractivity contribution is 7.09. The number of hydrogen-bond acceptors (Lipinski definition) is 2. The Labute approximate surface area is 124 Å². The molecule has 20 heavy (non-hydrogen) atoms. The molecule has 1 N–H and O–H groups in total. The lowest BCUT2D eigenvalue weighted by Crippen LogP contribution is -2.33.